The summed E-state index contributed by atoms with van der Waals surface area (Å²) < 4.78 is 32.6. The Hall–Kier alpha value is -2.94. The molecule has 1 aliphatic rings. The molecule has 0 aliphatic carbocycles. The minimum Gasteiger partial charge on any atom is -0.455 e. The van der Waals surface area contributed by atoms with Gasteiger partial charge in [0.2, 0.25) is 0 Å². The fourth-order valence-electron chi connectivity index (χ4n) is 3.74. The molecule has 31 heavy (non-hydrogen) atoms. The van der Waals surface area contributed by atoms with Gasteiger partial charge in [-0.05, 0) is 43.5 Å². The van der Waals surface area contributed by atoms with E-state index in [9.17, 15) is 13.2 Å². The van der Waals surface area contributed by atoms with Crippen LogP contribution in [0.15, 0.2) is 51.8 Å². The molecule has 1 amide bonds. The SMILES string of the molecule is O=C(NCCCc1nnc2n1CCCCC2)c1ccc(CS(=O)(=O)c2ccccc2)o1. The fourth-order valence-corrected chi connectivity index (χ4v) is 5.01. The average molecular weight is 443 g/mol. The molecule has 0 spiro atoms. The Labute approximate surface area is 181 Å². The third kappa shape index (κ3) is 5.22. The largest absolute Gasteiger partial charge is 0.455 e. The van der Waals surface area contributed by atoms with Crippen LogP contribution in [0, 0.1) is 0 Å². The molecule has 8 nitrogen and oxygen atoms in total. The Morgan fingerprint density at radius 3 is 2.74 bits per heavy atom. The predicted octanol–water partition coefficient (Wildman–Crippen LogP) is 2.93. The maximum Gasteiger partial charge on any atom is 0.286 e. The molecule has 0 fully saturated rings. The van der Waals surface area contributed by atoms with Crippen molar-refractivity contribution in [3.05, 3.63) is 65.6 Å². The van der Waals surface area contributed by atoms with Crippen molar-refractivity contribution < 1.29 is 17.6 Å². The van der Waals surface area contributed by atoms with E-state index in [-0.39, 0.29) is 28.1 Å². The number of fused-ring (bicyclic) bond motifs is 1. The average Bonchev–Trinajstić information content (AvgIpc) is 3.31. The van der Waals surface area contributed by atoms with Gasteiger partial charge in [0.1, 0.15) is 23.2 Å². The first-order chi connectivity index (χ1) is 15.0. The number of hydrogen-bond donors (Lipinski definition) is 1. The van der Waals surface area contributed by atoms with E-state index < -0.39 is 9.84 Å². The third-order valence-electron chi connectivity index (χ3n) is 5.37. The number of carbonyl (C=O) groups excluding carboxylic acids is 1. The van der Waals surface area contributed by atoms with Crippen LogP contribution in [-0.2, 0) is 35.0 Å². The summed E-state index contributed by atoms with van der Waals surface area (Å²) in [5.41, 5.74) is 0. The van der Waals surface area contributed by atoms with Gasteiger partial charge in [0.05, 0.1) is 4.90 Å². The molecule has 1 aliphatic heterocycles. The Bertz CT molecular complexity index is 1140. The summed E-state index contributed by atoms with van der Waals surface area (Å²) in [7, 11) is -3.52. The van der Waals surface area contributed by atoms with E-state index in [0.717, 1.165) is 50.3 Å². The number of amides is 1. The van der Waals surface area contributed by atoms with Gasteiger partial charge >= 0.3 is 0 Å². The summed E-state index contributed by atoms with van der Waals surface area (Å²) >= 11 is 0. The molecular weight excluding hydrogens is 416 g/mol. The van der Waals surface area contributed by atoms with Gasteiger partial charge in [0.25, 0.3) is 5.91 Å². The molecule has 0 unspecified atom stereocenters. The van der Waals surface area contributed by atoms with Gasteiger partial charge in [0, 0.05) is 25.9 Å². The molecule has 1 aromatic carbocycles. The summed E-state index contributed by atoms with van der Waals surface area (Å²) in [5.74, 6) is 1.73. The van der Waals surface area contributed by atoms with Gasteiger partial charge in [-0.3, -0.25) is 4.79 Å². The zero-order valence-corrected chi connectivity index (χ0v) is 18.1. The van der Waals surface area contributed by atoms with Crippen molar-refractivity contribution >= 4 is 15.7 Å². The second-order valence-electron chi connectivity index (χ2n) is 7.69. The number of sulfone groups is 1. The van der Waals surface area contributed by atoms with Crippen LogP contribution >= 0.6 is 0 Å². The highest BCUT2D eigenvalue weighted by Gasteiger charge is 2.19. The molecule has 3 heterocycles. The monoisotopic (exact) mass is 442 g/mol. The number of aryl methyl sites for hydroxylation is 2. The van der Waals surface area contributed by atoms with Gasteiger partial charge in [-0.2, -0.15) is 0 Å². The molecule has 9 heteroatoms. The first-order valence-corrected chi connectivity index (χ1v) is 12.2. The maximum atomic E-state index is 12.5. The van der Waals surface area contributed by atoms with Crippen LogP contribution in [-0.4, -0.2) is 35.6 Å². The number of benzene rings is 1. The van der Waals surface area contributed by atoms with Crippen molar-refractivity contribution in [3.8, 4) is 0 Å². The van der Waals surface area contributed by atoms with E-state index in [2.05, 4.69) is 20.1 Å². The standard InChI is InChI=1S/C22H26N4O4S/c27-22(23-14-7-11-21-25-24-20-10-5-2-6-15-26(20)21)19-13-12-17(30-19)16-31(28,29)18-8-3-1-4-9-18/h1,3-4,8-9,12-13H,2,5-7,10-11,14-16H2,(H,23,27). The van der Waals surface area contributed by atoms with Crippen LogP contribution in [0.3, 0.4) is 0 Å². The molecule has 1 N–H and O–H groups in total. The van der Waals surface area contributed by atoms with Crippen LogP contribution in [0.5, 0.6) is 0 Å². The first kappa shape index (κ1) is 21.3. The van der Waals surface area contributed by atoms with Gasteiger partial charge in [-0.15, -0.1) is 10.2 Å². The van der Waals surface area contributed by atoms with Gasteiger partial charge in [-0.1, -0.05) is 24.6 Å². The Morgan fingerprint density at radius 1 is 1.06 bits per heavy atom. The van der Waals surface area contributed by atoms with Crippen LogP contribution in [0.2, 0.25) is 0 Å². The topological polar surface area (TPSA) is 107 Å². The van der Waals surface area contributed by atoms with Gasteiger partial charge < -0.3 is 14.3 Å². The van der Waals surface area contributed by atoms with Crippen LogP contribution in [0.25, 0.3) is 0 Å². The predicted molar refractivity (Wildman–Crippen MR) is 114 cm³/mol. The van der Waals surface area contributed by atoms with Gasteiger partial charge in [0.15, 0.2) is 15.6 Å². The number of aromatic nitrogens is 3. The molecule has 0 saturated carbocycles. The molecule has 0 bridgehead atoms. The lowest BCUT2D eigenvalue weighted by Crippen LogP contribution is -2.24. The van der Waals surface area contributed by atoms with Crippen LogP contribution in [0.1, 0.15) is 53.6 Å². The van der Waals surface area contributed by atoms with Crippen molar-refractivity contribution in [3.63, 3.8) is 0 Å². The third-order valence-corrected chi connectivity index (χ3v) is 7.02. The highest BCUT2D eigenvalue weighted by molar-refractivity contribution is 7.90. The lowest BCUT2D eigenvalue weighted by atomic mass is 10.2. The van der Waals surface area contributed by atoms with Gasteiger partial charge in [-0.25, -0.2) is 8.42 Å². The molecule has 0 atom stereocenters. The second-order valence-corrected chi connectivity index (χ2v) is 9.68. The van der Waals surface area contributed by atoms with Crippen molar-refractivity contribution in [1.82, 2.24) is 20.1 Å². The summed E-state index contributed by atoms with van der Waals surface area (Å²) in [5, 5.41) is 11.4. The van der Waals surface area contributed by atoms with E-state index in [1.807, 2.05) is 0 Å². The highest BCUT2D eigenvalue weighted by atomic mass is 32.2. The van der Waals surface area contributed by atoms with E-state index in [1.165, 1.54) is 18.6 Å². The number of nitrogens with one attached hydrogen (secondary N) is 1. The fraction of sp³-hybridized carbons (Fsp3) is 0.409. The Balaban J connectivity index is 1.27. The first-order valence-electron chi connectivity index (χ1n) is 10.6. The van der Waals surface area contributed by atoms with Crippen molar-refractivity contribution in [2.24, 2.45) is 0 Å². The normalized spacial score (nSPS) is 14.1. The number of rotatable bonds is 8. The highest BCUT2D eigenvalue weighted by Crippen LogP contribution is 2.18. The maximum absolute atomic E-state index is 12.5. The van der Waals surface area contributed by atoms with Crippen molar-refractivity contribution in [1.29, 1.82) is 0 Å². The van der Waals surface area contributed by atoms with E-state index in [0.29, 0.717) is 6.54 Å². The summed E-state index contributed by atoms with van der Waals surface area (Å²) in [4.78, 5) is 12.6. The second kappa shape index (κ2) is 9.47. The van der Waals surface area contributed by atoms with Crippen molar-refractivity contribution in [2.45, 2.75) is 55.7 Å². The lowest BCUT2D eigenvalue weighted by Gasteiger charge is -2.07. The number of nitrogens with zero attached hydrogens (tertiary/aromatic N) is 3. The summed E-state index contributed by atoms with van der Waals surface area (Å²) in [6.45, 7) is 1.43. The zero-order valence-electron chi connectivity index (χ0n) is 17.3. The molecule has 3 aromatic rings. The minimum atomic E-state index is -3.52. The minimum absolute atomic E-state index is 0.106. The summed E-state index contributed by atoms with van der Waals surface area (Å²) in [6, 6.07) is 11.2. The number of hydrogen-bond acceptors (Lipinski definition) is 6. The van der Waals surface area contributed by atoms with E-state index in [1.54, 1.807) is 30.3 Å². The molecule has 0 radical (unpaired) electrons. The quantitative estimate of drug-likeness (QED) is 0.538. The van der Waals surface area contributed by atoms with Crippen molar-refractivity contribution in [2.75, 3.05) is 6.54 Å². The molecule has 0 saturated heterocycles. The zero-order chi connectivity index (χ0) is 21.7. The Morgan fingerprint density at radius 2 is 1.90 bits per heavy atom. The lowest BCUT2D eigenvalue weighted by molar-refractivity contribution is 0.0924. The van der Waals surface area contributed by atoms with E-state index >= 15 is 0 Å². The molecule has 4 rings (SSSR count). The molecule has 2 aromatic heterocycles. The number of furan rings is 1. The Kier molecular flexibility index (Phi) is 6.50. The van der Waals surface area contributed by atoms with Crippen LogP contribution in [0.4, 0.5) is 0 Å². The van der Waals surface area contributed by atoms with Crippen LogP contribution < -0.4 is 5.32 Å². The molecule has 164 valence electrons. The van der Waals surface area contributed by atoms with E-state index in [4.69, 9.17) is 4.42 Å². The summed E-state index contributed by atoms with van der Waals surface area (Å²) in [6.07, 6.45) is 5.98. The smallest absolute Gasteiger partial charge is 0.286 e. The number of carbonyl (C=O) groups is 1. The molecular formula is C22H26N4O4S.